The number of carbonyl (C=O) groups is 1. The molecule has 1 fully saturated rings. The number of carbonyl (C=O) groups excluding carboxylic acids is 1. The minimum absolute atomic E-state index is 0.114. The van der Waals surface area contributed by atoms with Crippen LogP contribution in [0.25, 0.3) is 16.7 Å². The Morgan fingerprint density at radius 1 is 1.03 bits per heavy atom. The Kier molecular flexibility index (Phi) is 6.59. The van der Waals surface area contributed by atoms with Crippen LogP contribution in [0.2, 0.25) is 0 Å². The molecule has 1 aliphatic heterocycles. The molecular weight excluding hydrogens is 460 g/mol. The van der Waals surface area contributed by atoms with Gasteiger partial charge in [0.25, 0.3) is 0 Å². The Bertz CT molecular complexity index is 1360. The topological polar surface area (TPSA) is 76.4 Å². The number of benzene rings is 2. The fraction of sp³-hybridized carbons (Fsp3) is 0.308. The minimum atomic E-state index is 0.114. The van der Waals surface area contributed by atoms with Crippen molar-refractivity contribution < 1.29 is 9.53 Å². The first-order valence-corrected chi connectivity index (χ1v) is 12.6. The largest absolute Gasteiger partial charge is 0.495 e. The van der Waals surface area contributed by atoms with Crippen LogP contribution >= 0.6 is 11.8 Å². The lowest BCUT2D eigenvalue weighted by molar-refractivity contribution is -0.128. The molecule has 0 spiro atoms. The van der Waals surface area contributed by atoms with Crippen LogP contribution in [-0.2, 0) is 4.79 Å². The number of para-hydroxylation sites is 2. The first kappa shape index (κ1) is 23.2. The van der Waals surface area contributed by atoms with Crippen molar-refractivity contribution in [3.05, 3.63) is 66.1 Å². The molecule has 1 amide bonds. The minimum Gasteiger partial charge on any atom is -0.495 e. The van der Waals surface area contributed by atoms with Crippen molar-refractivity contribution >= 4 is 34.4 Å². The third-order valence-electron chi connectivity index (χ3n) is 6.45. The van der Waals surface area contributed by atoms with E-state index < -0.39 is 0 Å². The van der Waals surface area contributed by atoms with Gasteiger partial charge in [-0.25, -0.2) is 14.6 Å². The second kappa shape index (κ2) is 9.95. The number of nitrogens with zero attached hydrogens (tertiary/aromatic N) is 6. The molecule has 0 N–H and O–H groups in total. The quantitative estimate of drug-likeness (QED) is 0.301. The van der Waals surface area contributed by atoms with Crippen molar-refractivity contribution in [2.45, 2.75) is 18.9 Å². The van der Waals surface area contributed by atoms with Gasteiger partial charge in [-0.05, 0) is 49.2 Å². The van der Waals surface area contributed by atoms with E-state index in [0.29, 0.717) is 18.8 Å². The Balaban J connectivity index is 1.24. The molecule has 180 valence electrons. The number of piperazine rings is 1. The second-order valence-corrected chi connectivity index (χ2v) is 9.53. The molecule has 3 heterocycles. The lowest BCUT2D eigenvalue weighted by atomic mass is 10.1. The predicted molar refractivity (Wildman–Crippen MR) is 139 cm³/mol. The van der Waals surface area contributed by atoms with Crippen molar-refractivity contribution in [2.75, 3.05) is 43.9 Å². The molecule has 4 aromatic rings. The summed E-state index contributed by atoms with van der Waals surface area (Å²) in [5, 5.41) is 6.18. The summed E-state index contributed by atoms with van der Waals surface area (Å²) < 4.78 is 7.32. The number of amides is 1. The molecule has 35 heavy (non-hydrogen) atoms. The van der Waals surface area contributed by atoms with Crippen LogP contribution in [0.5, 0.6) is 5.75 Å². The summed E-state index contributed by atoms with van der Waals surface area (Å²) in [6.45, 7) is 7.09. The van der Waals surface area contributed by atoms with Crippen LogP contribution in [0.3, 0.4) is 0 Å². The molecule has 1 saturated heterocycles. The number of rotatable bonds is 6. The van der Waals surface area contributed by atoms with Gasteiger partial charge < -0.3 is 14.5 Å². The molecule has 8 nitrogen and oxygen atoms in total. The molecule has 0 atom stereocenters. The Labute approximate surface area is 208 Å². The fourth-order valence-corrected chi connectivity index (χ4v) is 5.16. The van der Waals surface area contributed by atoms with Gasteiger partial charge in [0, 0.05) is 26.2 Å². The number of thioether (sulfide) groups is 1. The third kappa shape index (κ3) is 4.68. The van der Waals surface area contributed by atoms with Crippen molar-refractivity contribution in [3.8, 4) is 11.4 Å². The number of hydrogen-bond acceptors (Lipinski definition) is 7. The van der Waals surface area contributed by atoms with Gasteiger partial charge in [0.05, 0.1) is 35.8 Å². The van der Waals surface area contributed by atoms with E-state index >= 15 is 0 Å². The van der Waals surface area contributed by atoms with E-state index in [0.717, 1.165) is 46.3 Å². The Morgan fingerprint density at radius 3 is 2.60 bits per heavy atom. The molecule has 2 aromatic carbocycles. The van der Waals surface area contributed by atoms with Crippen LogP contribution in [0.4, 0.5) is 5.69 Å². The summed E-state index contributed by atoms with van der Waals surface area (Å²) in [6.07, 6.45) is 3.32. The second-order valence-electron chi connectivity index (χ2n) is 8.57. The lowest BCUT2D eigenvalue weighted by Crippen LogP contribution is -2.49. The van der Waals surface area contributed by atoms with Crippen molar-refractivity contribution in [1.29, 1.82) is 0 Å². The van der Waals surface area contributed by atoms with Crippen LogP contribution in [-0.4, -0.2) is 69.6 Å². The van der Waals surface area contributed by atoms with Crippen molar-refractivity contribution in [3.63, 3.8) is 0 Å². The monoisotopic (exact) mass is 488 g/mol. The van der Waals surface area contributed by atoms with E-state index in [1.807, 2.05) is 33.8 Å². The van der Waals surface area contributed by atoms with Crippen LogP contribution in [0, 0.1) is 13.8 Å². The average Bonchev–Trinajstić information content (AvgIpc) is 3.34. The number of ether oxygens (including phenoxy) is 1. The van der Waals surface area contributed by atoms with Gasteiger partial charge in [0.2, 0.25) is 5.91 Å². The van der Waals surface area contributed by atoms with Crippen molar-refractivity contribution in [2.24, 2.45) is 0 Å². The maximum atomic E-state index is 13.0. The maximum absolute atomic E-state index is 13.0. The van der Waals surface area contributed by atoms with Crippen LogP contribution in [0.1, 0.15) is 11.1 Å². The highest BCUT2D eigenvalue weighted by molar-refractivity contribution is 8.00. The zero-order chi connectivity index (χ0) is 24.4. The normalized spacial score (nSPS) is 13.9. The van der Waals surface area contributed by atoms with Gasteiger partial charge >= 0.3 is 0 Å². The highest BCUT2D eigenvalue weighted by Gasteiger charge is 2.23. The number of anilines is 1. The van der Waals surface area contributed by atoms with E-state index in [4.69, 9.17) is 4.74 Å². The standard InChI is InChI=1S/C26H28N6O2S/c1-18-8-9-20(14-19(18)2)32-25-21(15-29-32)26(28-17-27-25)35-16-24(33)31-12-10-30(11-13-31)22-6-4-5-7-23(22)34-3/h4-9,14-15,17H,10-13,16H2,1-3H3. The number of hydrogen-bond donors (Lipinski definition) is 0. The SMILES string of the molecule is COc1ccccc1N1CCN(C(=O)CSc2ncnc3c2cnn3-c2ccc(C)c(C)c2)CC1. The van der Waals surface area contributed by atoms with E-state index in [1.54, 1.807) is 19.6 Å². The fourth-order valence-electron chi connectivity index (χ4n) is 4.29. The van der Waals surface area contributed by atoms with E-state index in [9.17, 15) is 4.79 Å². The third-order valence-corrected chi connectivity index (χ3v) is 7.44. The molecule has 0 unspecified atom stereocenters. The smallest absolute Gasteiger partial charge is 0.233 e. The molecule has 5 rings (SSSR count). The van der Waals surface area contributed by atoms with Gasteiger partial charge in [-0.2, -0.15) is 5.10 Å². The zero-order valence-corrected chi connectivity index (χ0v) is 21.0. The van der Waals surface area contributed by atoms with Crippen LogP contribution < -0.4 is 9.64 Å². The van der Waals surface area contributed by atoms with Crippen LogP contribution in [0.15, 0.2) is 60.0 Å². The predicted octanol–water partition coefficient (Wildman–Crippen LogP) is 3.88. The van der Waals surface area contributed by atoms with Gasteiger partial charge in [-0.3, -0.25) is 4.79 Å². The first-order valence-electron chi connectivity index (χ1n) is 11.6. The number of aromatic nitrogens is 4. The molecule has 1 aliphatic rings. The lowest BCUT2D eigenvalue weighted by Gasteiger charge is -2.36. The summed E-state index contributed by atoms with van der Waals surface area (Å²) in [4.78, 5) is 26.1. The molecule has 0 radical (unpaired) electrons. The molecule has 9 heteroatoms. The average molecular weight is 489 g/mol. The van der Waals surface area contributed by atoms with Crippen molar-refractivity contribution in [1.82, 2.24) is 24.6 Å². The van der Waals surface area contributed by atoms with Gasteiger partial charge in [0.15, 0.2) is 5.65 Å². The van der Waals surface area contributed by atoms with Gasteiger partial charge in [-0.15, -0.1) is 0 Å². The Hall–Kier alpha value is -3.59. The zero-order valence-electron chi connectivity index (χ0n) is 20.1. The first-order chi connectivity index (χ1) is 17.0. The molecule has 0 saturated carbocycles. The Morgan fingerprint density at radius 2 is 1.83 bits per heavy atom. The van der Waals surface area contributed by atoms with Gasteiger partial charge in [0.1, 0.15) is 17.1 Å². The number of fused-ring (bicyclic) bond motifs is 1. The highest BCUT2D eigenvalue weighted by atomic mass is 32.2. The summed E-state index contributed by atoms with van der Waals surface area (Å²) >= 11 is 1.44. The summed E-state index contributed by atoms with van der Waals surface area (Å²) in [5.74, 6) is 1.30. The number of methoxy groups -OCH3 is 1. The molecule has 2 aromatic heterocycles. The maximum Gasteiger partial charge on any atom is 0.233 e. The highest BCUT2D eigenvalue weighted by Crippen LogP contribution is 2.29. The number of aryl methyl sites for hydroxylation is 2. The summed E-state index contributed by atoms with van der Waals surface area (Å²) in [5.41, 5.74) is 5.20. The summed E-state index contributed by atoms with van der Waals surface area (Å²) in [6, 6.07) is 14.2. The van der Waals surface area contributed by atoms with E-state index in [1.165, 1.54) is 22.9 Å². The summed E-state index contributed by atoms with van der Waals surface area (Å²) in [7, 11) is 1.69. The van der Waals surface area contributed by atoms with Gasteiger partial charge in [-0.1, -0.05) is 30.0 Å². The molecule has 0 aliphatic carbocycles. The van der Waals surface area contributed by atoms with E-state index in [-0.39, 0.29) is 5.91 Å². The van der Waals surface area contributed by atoms with E-state index in [2.05, 4.69) is 52.0 Å². The molecular formula is C26H28N6O2S. The molecule has 0 bridgehead atoms.